The molecule has 1 aromatic carbocycles. The van der Waals surface area contributed by atoms with Gasteiger partial charge in [-0.25, -0.2) is 0 Å². The normalized spacial score (nSPS) is 22.2. The first kappa shape index (κ1) is 13.6. The van der Waals surface area contributed by atoms with Gasteiger partial charge in [0.25, 0.3) is 0 Å². The fourth-order valence-corrected chi connectivity index (χ4v) is 2.70. The number of aliphatic carboxylic acids is 1. The number of carbonyl (C=O) groups excluding carboxylic acids is 1. The van der Waals surface area contributed by atoms with Crippen LogP contribution in [0.4, 0.5) is 5.69 Å². The van der Waals surface area contributed by atoms with Gasteiger partial charge in [-0.05, 0) is 31.9 Å². The molecule has 0 radical (unpaired) electrons. The van der Waals surface area contributed by atoms with E-state index in [1.807, 2.05) is 31.2 Å². The Labute approximate surface area is 113 Å². The molecule has 19 heavy (non-hydrogen) atoms. The number of benzene rings is 1. The van der Waals surface area contributed by atoms with Gasteiger partial charge >= 0.3 is 5.97 Å². The van der Waals surface area contributed by atoms with E-state index in [9.17, 15) is 9.59 Å². The van der Waals surface area contributed by atoms with E-state index < -0.39 is 11.9 Å². The minimum absolute atomic E-state index is 0.0891. The third-order valence-corrected chi connectivity index (χ3v) is 3.90. The molecule has 1 saturated carbocycles. The number of carboxylic acid groups (broad SMARTS) is 1. The molecule has 0 aromatic heterocycles. The molecule has 0 saturated heterocycles. The smallest absolute Gasteiger partial charge is 0.307 e. The van der Waals surface area contributed by atoms with Gasteiger partial charge in [0.05, 0.1) is 11.8 Å². The van der Waals surface area contributed by atoms with E-state index in [0.717, 1.165) is 17.7 Å². The van der Waals surface area contributed by atoms with Crippen molar-refractivity contribution >= 4 is 17.6 Å². The molecule has 1 aliphatic carbocycles. The van der Waals surface area contributed by atoms with Crippen molar-refractivity contribution in [2.75, 3.05) is 11.9 Å². The van der Waals surface area contributed by atoms with E-state index in [1.165, 1.54) is 0 Å². The summed E-state index contributed by atoms with van der Waals surface area (Å²) in [5, 5.41) is 9.15. The van der Waals surface area contributed by atoms with Gasteiger partial charge < -0.3 is 10.0 Å². The number of amides is 1. The lowest BCUT2D eigenvalue weighted by Crippen LogP contribution is -2.36. The van der Waals surface area contributed by atoms with Crippen molar-refractivity contribution in [3.63, 3.8) is 0 Å². The predicted octanol–water partition coefficient (Wildman–Crippen LogP) is 2.46. The molecule has 0 bridgehead atoms. The van der Waals surface area contributed by atoms with Gasteiger partial charge in [0.1, 0.15) is 0 Å². The molecule has 1 aromatic rings. The first-order chi connectivity index (χ1) is 9.00. The van der Waals surface area contributed by atoms with Crippen LogP contribution in [0.25, 0.3) is 0 Å². The van der Waals surface area contributed by atoms with E-state index >= 15 is 0 Å². The summed E-state index contributed by atoms with van der Waals surface area (Å²) in [4.78, 5) is 25.1. The van der Waals surface area contributed by atoms with Crippen molar-refractivity contribution in [2.45, 2.75) is 26.2 Å². The Morgan fingerprint density at radius 1 is 1.16 bits per heavy atom. The van der Waals surface area contributed by atoms with Crippen LogP contribution in [0.5, 0.6) is 0 Å². The van der Waals surface area contributed by atoms with Crippen LogP contribution >= 0.6 is 0 Å². The third kappa shape index (κ3) is 2.78. The number of nitrogens with zero attached hydrogens (tertiary/aromatic N) is 1. The fraction of sp³-hybridized carbons (Fsp3) is 0.467. The molecule has 4 heteroatoms. The number of hydrogen-bond donors (Lipinski definition) is 1. The summed E-state index contributed by atoms with van der Waals surface area (Å²) in [5.74, 6) is -1.86. The van der Waals surface area contributed by atoms with Gasteiger partial charge in [0.2, 0.25) is 5.91 Å². The minimum atomic E-state index is -0.854. The Morgan fingerprint density at radius 2 is 1.74 bits per heavy atom. The zero-order valence-corrected chi connectivity index (χ0v) is 11.3. The van der Waals surface area contributed by atoms with Crippen LogP contribution in [0.3, 0.4) is 0 Å². The first-order valence-corrected chi connectivity index (χ1v) is 6.57. The summed E-state index contributed by atoms with van der Waals surface area (Å²) in [6, 6.07) is 7.67. The molecule has 0 spiro atoms. The lowest BCUT2D eigenvalue weighted by Gasteiger charge is -2.23. The highest BCUT2D eigenvalue weighted by molar-refractivity contribution is 5.97. The average molecular weight is 261 g/mol. The zero-order valence-electron chi connectivity index (χ0n) is 11.3. The molecule has 1 aliphatic rings. The van der Waals surface area contributed by atoms with Gasteiger partial charge in [0, 0.05) is 12.7 Å². The van der Waals surface area contributed by atoms with Crippen LogP contribution < -0.4 is 4.90 Å². The van der Waals surface area contributed by atoms with Gasteiger partial charge in [0.15, 0.2) is 0 Å². The SMILES string of the molecule is Cc1ccc(N(C)C(=O)[C@@H]2CCC[C@@H]2C(=O)O)cc1. The van der Waals surface area contributed by atoms with Gasteiger partial charge in [-0.2, -0.15) is 0 Å². The number of hydrogen-bond acceptors (Lipinski definition) is 2. The molecule has 0 heterocycles. The Balaban J connectivity index is 2.14. The summed E-state index contributed by atoms with van der Waals surface area (Å²) >= 11 is 0. The molecule has 0 aliphatic heterocycles. The van der Waals surface area contributed by atoms with Gasteiger partial charge in [-0.3, -0.25) is 9.59 Å². The Bertz CT molecular complexity index is 481. The first-order valence-electron chi connectivity index (χ1n) is 6.57. The molecule has 4 nitrogen and oxygen atoms in total. The summed E-state index contributed by atoms with van der Waals surface area (Å²) in [7, 11) is 1.71. The van der Waals surface area contributed by atoms with Crippen molar-refractivity contribution in [2.24, 2.45) is 11.8 Å². The molecule has 1 amide bonds. The standard InChI is InChI=1S/C15H19NO3/c1-10-6-8-11(9-7-10)16(2)14(17)12-4-3-5-13(12)15(18)19/h6-9,12-13H,3-5H2,1-2H3,(H,18,19)/t12-,13+/m1/s1. The number of carbonyl (C=O) groups is 2. The third-order valence-electron chi connectivity index (χ3n) is 3.90. The van der Waals surface area contributed by atoms with Crippen LogP contribution in [-0.4, -0.2) is 24.0 Å². The predicted molar refractivity (Wildman–Crippen MR) is 73.1 cm³/mol. The minimum Gasteiger partial charge on any atom is -0.481 e. The van der Waals surface area contributed by atoms with Crippen LogP contribution in [0.1, 0.15) is 24.8 Å². The Kier molecular flexibility index (Phi) is 3.88. The molecular formula is C15H19NO3. The van der Waals surface area contributed by atoms with E-state index in [4.69, 9.17) is 5.11 Å². The molecule has 2 atom stereocenters. The van der Waals surface area contributed by atoms with Crippen LogP contribution in [0.15, 0.2) is 24.3 Å². The van der Waals surface area contributed by atoms with Gasteiger partial charge in [-0.1, -0.05) is 24.1 Å². The summed E-state index contributed by atoms with van der Waals surface area (Å²) in [6.45, 7) is 1.99. The van der Waals surface area contributed by atoms with E-state index in [2.05, 4.69) is 0 Å². The fourth-order valence-electron chi connectivity index (χ4n) is 2.70. The molecular weight excluding hydrogens is 242 g/mol. The van der Waals surface area contributed by atoms with Crippen molar-refractivity contribution in [3.05, 3.63) is 29.8 Å². The van der Waals surface area contributed by atoms with E-state index in [1.54, 1.807) is 11.9 Å². The number of anilines is 1. The second kappa shape index (κ2) is 5.43. The largest absolute Gasteiger partial charge is 0.481 e. The maximum atomic E-state index is 12.4. The highest BCUT2D eigenvalue weighted by atomic mass is 16.4. The van der Waals surface area contributed by atoms with Crippen LogP contribution in [0, 0.1) is 18.8 Å². The lowest BCUT2D eigenvalue weighted by atomic mass is 9.94. The molecule has 1 N–H and O–H groups in total. The number of carboxylic acids is 1. The molecule has 0 unspecified atom stereocenters. The van der Waals surface area contributed by atoms with Crippen molar-refractivity contribution in [3.8, 4) is 0 Å². The second-order valence-corrected chi connectivity index (χ2v) is 5.21. The zero-order chi connectivity index (χ0) is 14.0. The molecule has 102 valence electrons. The monoisotopic (exact) mass is 261 g/mol. The van der Waals surface area contributed by atoms with E-state index in [0.29, 0.717) is 12.8 Å². The maximum absolute atomic E-state index is 12.4. The Hall–Kier alpha value is -1.84. The highest BCUT2D eigenvalue weighted by Gasteiger charge is 2.39. The van der Waals surface area contributed by atoms with Gasteiger partial charge in [-0.15, -0.1) is 0 Å². The van der Waals surface area contributed by atoms with Crippen molar-refractivity contribution in [1.29, 1.82) is 0 Å². The second-order valence-electron chi connectivity index (χ2n) is 5.21. The molecule has 2 rings (SSSR count). The number of aryl methyl sites for hydroxylation is 1. The molecule has 1 fully saturated rings. The maximum Gasteiger partial charge on any atom is 0.307 e. The quantitative estimate of drug-likeness (QED) is 0.909. The van der Waals surface area contributed by atoms with Crippen molar-refractivity contribution in [1.82, 2.24) is 0 Å². The summed E-state index contributed by atoms with van der Waals surface area (Å²) < 4.78 is 0. The number of rotatable bonds is 3. The topological polar surface area (TPSA) is 57.6 Å². The summed E-state index contributed by atoms with van der Waals surface area (Å²) in [5.41, 5.74) is 1.94. The average Bonchev–Trinajstić information content (AvgIpc) is 2.87. The lowest BCUT2D eigenvalue weighted by molar-refractivity contribution is -0.145. The van der Waals surface area contributed by atoms with Crippen LogP contribution in [0.2, 0.25) is 0 Å². The van der Waals surface area contributed by atoms with Crippen molar-refractivity contribution < 1.29 is 14.7 Å². The van der Waals surface area contributed by atoms with Crippen LogP contribution in [-0.2, 0) is 9.59 Å². The van der Waals surface area contributed by atoms with E-state index in [-0.39, 0.29) is 11.8 Å². The highest BCUT2D eigenvalue weighted by Crippen LogP contribution is 2.34. The Morgan fingerprint density at radius 3 is 2.32 bits per heavy atom. The summed E-state index contributed by atoms with van der Waals surface area (Å²) in [6.07, 6.45) is 2.09.